The number of carbonyl (C=O) groups is 3. The molecule has 40 heavy (non-hydrogen) atoms. The van der Waals surface area contributed by atoms with Crippen molar-refractivity contribution in [3.05, 3.63) is 88.0 Å². The summed E-state index contributed by atoms with van der Waals surface area (Å²) in [4.78, 5) is 41.9. The molecule has 2 N–H and O–H groups in total. The number of nitrogens with zero attached hydrogens (tertiary/aromatic N) is 1. The van der Waals surface area contributed by atoms with Crippen molar-refractivity contribution in [1.82, 2.24) is 4.90 Å². The van der Waals surface area contributed by atoms with Crippen LogP contribution in [0, 0.1) is 13.8 Å². The van der Waals surface area contributed by atoms with Gasteiger partial charge in [-0.1, -0.05) is 23.9 Å². The molecule has 0 atom stereocenters. The Morgan fingerprint density at radius 3 is 2.58 bits per heavy atom. The van der Waals surface area contributed by atoms with Crippen molar-refractivity contribution in [2.45, 2.75) is 25.2 Å². The number of thioether (sulfide) groups is 1. The number of hydrogen-bond acceptors (Lipinski definition) is 8. The molecule has 2 aliphatic rings. The van der Waals surface area contributed by atoms with Crippen LogP contribution in [-0.2, 0) is 14.3 Å². The van der Waals surface area contributed by atoms with E-state index >= 15 is 0 Å². The third-order valence-electron chi connectivity index (χ3n) is 6.58. The molecule has 0 aliphatic carbocycles. The predicted molar refractivity (Wildman–Crippen MR) is 153 cm³/mol. The highest BCUT2D eigenvalue weighted by Gasteiger charge is 2.39. The van der Waals surface area contributed by atoms with Crippen LogP contribution in [0.4, 0.5) is 11.4 Å². The minimum Gasteiger partial charge on any atom is -0.454 e. The number of rotatable bonds is 10. The Hall–Kier alpha value is -4.28. The summed E-state index contributed by atoms with van der Waals surface area (Å²) < 4.78 is 15.8. The number of carbonyl (C=O) groups excluding carboxylic acids is 3. The molecule has 0 spiro atoms. The van der Waals surface area contributed by atoms with Crippen molar-refractivity contribution < 1.29 is 28.6 Å². The van der Waals surface area contributed by atoms with Gasteiger partial charge >= 0.3 is 0 Å². The minimum absolute atomic E-state index is 0.126. The Bertz CT molecular complexity index is 1520. The number of amides is 3. The standard InChI is InChI=1S/C30H29N3O6S/c1-18-8-10-22(14-19(18)2)31-26-27(30(36)33(29(26)35)12-5-13-37-3)40-23-7-4-6-21(16-23)32-28(34)20-9-11-24-25(15-20)39-17-38-24/h4,6-11,14-16,31H,5,12-13,17H2,1-3H3,(H,32,34). The molecular weight excluding hydrogens is 530 g/mol. The van der Waals surface area contributed by atoms with E-state index in [0.717, 1.165) is 16.8 Å². The zero-order chi connectivity index (χ0) is 28.2. The lowest BCUT2D eigenvalue weighted by Gasteiger charge is -2.15. The Morgan fingerprint density at radius 1 is 0.950 bits per heavy atom. The van der Waals surface area contributed by atoms with E-state index in [1.165, 1.54) is 16.7 Å². The van der Waals surface area contributed by atoms with Gasteiger partial charge in [-0.3, -0.25) is 19.3 Å². The molecule has 0 unspecified atom stereocenters. The van der Waals surface area contributed by atoms with E-state index in [1.807, 2.05) is 38.1 Å². The summed E-state index contributed by atoms with van der Waals surface area (Å²) in [6, 6.07) is 17.9. The quantitative estimate of drug-likeness (QED) is 0.261. The van der Waals surface area contributed by atoms with Crippen molar-refractivity contribution in [2.24, 2.45) is 0 Å². The molecule has 0 bridgehead atoms. The van der Waals surface area contributed by atoms with Gasteiger partial charge in [0.25, 0.3) is 17.7 Å². The second-order valence-electron chi connectivity index (χ2n) is 9.39. The Labute approximate surface area is 236 Å². The number of imide groups is 1. The van der Waals surface area contributed by atoms with Gasteiger partial charge in [0, 0.05) is 42.1 Å². The van der Waals surface area contributed by atoms with E-state index in [4.69, 9.17) is 14.2 Å². The van der Waals surface area contributed by atoms with Crippen LogP contribution in [0.25, 0.3) is 0 Å². The third kappa shape index (κ3) is 5.83. The topological polar surface area (TPSA) is 106 Å². The van der Waals surface area contributed by atoms with Crippen molar-refractivity contribution in [2.75, 3.05) is 37.7 Å². The maximum atomic E-state index is 13.4. The normalized spacial score (nSPS) is 14.2. The molecule has 0 saturated heterocycles. The number of ether oxygens (including phenoxy) is 3. The number of hydrogen-bond donors (Lipinski definition) is 2. The fourth-order valence-electron chi connectivity index (χ4n) is 4.29. The molecule has 2 heterocycles. The lowest BCUT2D eigenvalue weighted by atomic mass is 10.1. The summed E-state index contributed by atoms with van der Waals surface area (Å²) in [7, 11) is 1.58. The average Bonchev–Trinajstić information content (AvgIpc) is 3.50. The van der Waals surface area contributed by atoms with Gasteiger partial charge in [-0.2, -0.15) is 0 Å². The number of benzene rings is 3. The maximum Gasteiger partial charge on any atom is 0.278 e. The summed E-state index contributed by atoms with van der Waals surface area (Å²) in [6.45, 7) is 4.82. The first-order chi connectivity index (χ1) is 19.3. The smallest absolute Gasteiger partial charge is 0.278 e. The monoisotopic (exact) mass is 559 g/mol. The highest BCUT2D eigenvalue weighted by molar-refractivity contribution is 8.04. The van der Waals surface area contributed by atoms with Gasteiger partial charge in [-0.15, -0.1) is 0 Å². The first-order valence-corrected chi connectivity index (χ1v) is 13.6. The van der Waals surface area contributed by atoms with Crippen LogP contribution in [0.15, 0.2) is 76.2 Å². The number of aryl methyl sites for hydroxylation is 2. The van der Waals surface area contributed by atoms with Gasteiger partial charge in [0.05, 0.1) is 0 Å². The maximum absolute atomic E-state index is 13.4. The summed E-state index contributed by atoms with van der Waals surface area (Å²) in [5.41, 5.74) is 4.12. The summed E-state index contributed by atoms with van der Waals surface area (Å²) in [5.74, 6) is 0.0576. The molecular formula is C30H29N3O6S. The molecule has 10 heteroatoms. The van der Waals surface area contributed by atoms with E-state index < -0.39 is 0 Å². The molecule has 3 aromatic rings. The average molecular weight is 560 g/mol. The number of nitrogens with one attached hydrogen (secondary N) is 2. The van der Waals surface area contributed by atoms with Gasteiger partial charge in [-0.25, -0.2) is 0 Å². The van der Waals surface area contributed by atoms with Gasteiger partial charge < -0.3 is 24.8 Å². The van der Waals surface area contributed by atoms with E-state index in [9.17, 15) is 14.4 Å². The van der Waals surface area contributed by atoms with Crippen molar-refractivity contribution in [3.8, 4) is 11.5 Å². The molecule has 5 rings (SSSR count). The Balaban J connectivity index is 1.38. The Kier molecular flexibility index (Phi) is 8.09. The highest BCUT2D eigenvalue weighted by Crippen LogP contribution is 2.37. The molecule has 3 amide bonds. The van der Waals surface area contributed by atoms with E-state index in [0.29, 0.717) is 45.6 Å². The summed E-state index contributed by atoms with van der Waals surface area (Å²) >= 11 is 1.18. The molecule has 3 aromatic carbocycles. The van der Waals surface area contributed by atoms with Crippen LogP contribution in [0.3, 0.4) is 0 Å². The number of methoxy groups -OCH3 is 1. The van der Waals surface area contributed by atoms with E-state index in [-0.39, 0.29) is 36.8 Å². The Morgan fingerprint density at radius 2 is 1.77 bits per heavy atom. The zero-order valence-electron chi connectivity index (χ0n) is 22.4. The van der Waals surface area contributed by atoms with Crippen LogP contribution < -0.4 is 20.1 Å². The summed E-state index contributed by atoms with van der Waals surface area (Å²) in [5, 5.41) is 6.08. The molecule has 0 radical (unpaired) electrons. The van der Waals surface area contributed by atoms with E-state index in [2.05, 4.69) is 10.6 Å². The van der Waals surface area contributed by atoms with Crippen molar-refractivity contribution in [3.63, 3.8) is 0 Å². The first kappa shape index (κ1) is 27.3. The van der Waals surface area contributed by atoms with Crippen LogP contribution >= 0.6 is 11.8 Å². The van der Waals surface area contributed by atoms with Crippen LogP contribution in [-0.4, -0.2) is 49.7 Å². The SMILES string of the molecule is COCCCN1C(=O)C(Nc2ccc(C)c(C)c2)=C(Sc2cccc(NC(=O)c3ccc4c(c3)OCO4)c2)C1=O. The lowest BCUT2D eigenvalue weighted by Crippen LogP contribution is -2.33. The van der Waals surface area contributed by atoms with Crippen LogP contribution in [0.1, 0.15) is 27.9 Å². The third-order valence-corrected chi connectivity index (χ3v) is 7.65. The van der Waals surface area contributed by atoms with Gasteiger partial charge in [0.2, 0.25) is 6.79 Å². The molecule has 0 fully saturated rings. The molecule has 2 aliphatic heterocycles. The largest absolute Gasteiger partial charge is 0.454 e. The minimum atomic E-state index is -0.380. The summed E-state index contributed by atoms with van der Waals surface area (Å²) in [6.07, 6.45) is 0.532. The first-order valence-electron chi connectivity index (χ1n) is 12.8. The highest BCUT2D eigenvalue weighted by atomic mass is 32.2. The van der Waals surface area contributed by atoms with Crippen molar-refractivity contribution >= 4 is 40.9 Å². The van der Waals surface area contributed by atoms with Gasteiger partial charge in [-0.05, 0) is 79.9 Å². The van der Waals surface area contributed by atoms with Crippen LogP contribution in [0.2, 0.25) is 0 Å². The molecule has 206 valence electrons. The van der Waals surface area contributed by atoms with Gasteiger partial charge in [0.15, 0.2) is 11.5 Å². The molecule has 9 nitrogen and oxygen atoms in total. The number of anilines is 2. The van der Waals surface area contributed by atoms with E-state index in [1.54, 1.807) is 43.5 Å². The molecule has 0 saturated carbocycles. The second-order valence-corrected chi connectivity index (χ2v) is 10.5. The predicted octanol–water partition coefficient (Wildman–Crippen LogP) is 5.11. The lowest BCUT2D eigenvalue weighted by molar-refractivity contribution is -0.137. The molecule has 0 aromatic heterocycles. The van der Waals surface area contributed by atoms with Gasteiger partial charge in [0.1, 0.15) is 10.6 Å². The second kappa shape index (κ2) is 11.8. The van der Waals surface area contributed by atoms with Crippen LogP contribution in [0.5, 0.6) is 11.5 Å². The number of fused-ring (bicyclic) bond motifs is 1. The zero-order valence-corrected chi connectivity index (χ0v) is 23.2. The fourth-order valence-corrected chi connectivity index (χ4v) is 5.29. The van der Waals surface area contributed by atoms with Crippen molar-refractivity contribution in [1.29, 1.82) is 0 Å². The fraction of sp³-hybridized carbons (Fsp3) is 0.233.